The van der Waals surface area contributed by atoms with Crippen molar-refractivity contribution in [3.8, 4) is 0 Å². The summed E-state index contributed by atoms with van der Waals surface area (Å²) >= 11 is 0. The minimum atomic E-state index is -2.27. The SMILES string of the molecule is CCC(O)/C=C(\C)[C@@H](O)[C@H](C)/C=C/C=C/CC[C@@H](O)CC1=C(C)C(=O)C(O)(C(C)O)O1. The van der Waals surface area contributed by atoms with Crippen LogP contribution in [0.25, 0.3) is 0 Å². The summed E-state index contributed by atoms with van der Waals surface area (Å²) in [5, 5.41) is 49.9. The van der Waals surface area contributed by atoms with Crippen molar-refractivity contribution < 1.29 is 35.1 Å². The molecule has 7 heteroatoms. The summed E-state index contributed by atoms with van der Waals surface area (Å²) in [6.45, 7) is 8.34. The fourth-order valence-electron chi connectivity index (χ4n) is 3.23. The minimum Gasteiger partial charge on any atom is -0.456 e. The first-order valence-corrected chi connectivity index (χ1v) is 10.8. The van der Waals surface area contributed by atoms with Gasteiger partial charge in [-0.25, -0.2) is 0 Å². The molecule has 0 aliphatic carbocycles. The van der Waals surface area contributed by atoms with Gasteiger partial charge in [-0.05, 0) is 45.6 Å². The molecule has 1 rings (SSSR count). The topological polar surface area (TPSA) is 127 Å². The Hall–Kier alpha value is -1.77. The van der Waals surface area contributed by atoms with Gasteiger partial charge in [0.1, 0.15) is 11.9 Å². The summed E-state index contributed by atoms with van der Waals surface area (Å²) in [7, 11) is 0. The lowest BCUT2D eigenvalue weighted by atomic mass is 9.96. The highest BCUT2D eigenvalue weighted by molar-refractivity contribution is 6.03. The molecule has 0 aromatic heterocycles. The molecule has 0 spiro atoms. The molecule has 5 N–H and O–H groups in total. The Bertz CT molecular complexity index is 719. The zero-order valence-corrected chi connectivity index (χ0v) is 19.2. The number of rotatable bonds is 12. The van der Waals surface area contributed by atoms with Gasteiger partial charge < -0.3 is 30.3 Å². The van der Waals surface area contributed by atoms with E-state index in [-0.39, 0.29) is 23.7 Å². The van der Waals surface area contributed by atoms with Crippen LogP contribution in [-0.4, -0.2) is 61.5 Å². The molecule has 0 aromatic carbocycles. The van der Waals surface area contributed by atoms with Crippen LogP contribution in [-0.2, 0) is 9.53 Å². The number of hydrogen-bond acceptors (Lipinski definition) is 7. The van der Waals surface area contributed by atoms with Crippen LogP contribution in [0.15, 0.2) is 47.3 Å². The summed E-state index contributed by atoms with van der Waals surface area (Å²) in [5.41, 5.74) is 0.947. The Balaban J connectivity index is 2.46. The average molecular weight is 439 g/mol. The lowest BCUT2D eigenvalue weighted by Crippen LogP contribution is -2.47. The van der Waals surface area contributed by atoms with E-state index in [4.69, 9.17) is 4.74 Å². The molecule has 7 nitrogen and oxygen atoms in total. The van der Waals surface area contributed by atoms with Crippen LogP contribution in [0.3, 0.4) is 0 Å². The molecule has 3 unspecified atom stereocenters. The van der Waals surface area contributed by atoms with Crippen LogP contribution in [0, 0.1) is 5.92 Å². The number of allylic oxidation sites excluding steroid dienone is 3. The van der Waals surface area contributed by atoms with Gasteiger partial charge in [-0.1, -0.05) is 44.2 Å². The van der Waals surface area contributed by atoms with Gasteiger partial charge in [-0.2, -0.15) is 0 Å². The maximum Gasteiger partial charge on any atom is 0.298 e. The largest absolute Gasteiger partial charge is 0.456 e. The van der Waals surface area contributed by atoms with Crippen molar-refractivity contribution in [3.05, 3.63) is 47.3 Å². The van der Waals surface area contributed by atoms with Crippen molar-refractivity contribution in [3.63, 3.8) is 0 Å². The molecule has 0 saturated heterocycles. The van der Waals surface area contributed by atoms with Crippen molar-refractivity contribution in [2.45, 2.75) is 90.5 Å². The zero-order chi connectivity index (χ0) is 23.8. The number of aliphatic hydroxyl groups is 5. The Labute approximate surface area is 185 Å². The third-order valence-electron chi connectivity index (χ3n) is 5.52. The summed E-state index contributed by atoms with van der Waals surface area (Å²) in [6, 6.07) is 0. The lowest BCUT2D eigenvalue weighted by molar-refractivity contribution is -0.213. The Morgan fingerprint density at radius 2 is 1.81 bits per heavy atom. The number of aliphatic hydroxyl groups excluding tert-OH is 4. The number of ketones is 1. The molecule has 176 valence electrons. The second-order valence-corrected chi connectivity index (χ2v) is 8.29. The molecule has 0 bridgehead atoms. The van der Waals surface area contributed by atoms with E-state index in [9.17, 15) is 30.3 Å². The molecule has 1 aliphatic rings. The van der Waals surface area contributed by atoms with Crippen molar-refractivity contribution >= 4 is 5.78 Å². The minimum absolute atomic E-state index is 0.0781. The third kappa shape index (κ3) is 7.70. The first kappa shape index (κ1) is 27.3. The number of ether oxygens (including phenoxy) is 1. The number of carbonyl (C=O) groups excluding carboxylic acids is 1. The summed E-state index contributed by atoms with van der Waals surface area (Å²) in [4.78, 5) is 12.1. The van der Waals surface area contributed by atoms with Crippen molar-refractivity contribution in [2.75, 3.05) is 0 Å². The number of hydrogen-bond donors (Lipinski definition) is 5. The van der Waals surface area contributed by atoms with Crippen LogP contribution < -0.4 is 0 Å². The van der Waals surface area contributed by atoms with Gasteiger partial charge in [0.15, 0.2) is 0 Å². The highest BCUT2D eigenvalue weighted by Crippen LogP contribution is 2.34. The standard InChI is InChI=1S/C24H38O7/c1-6-19(26)13-16(3)22(28)15(2)11-9-7-8-10-12-20(27)14-21-17(4)23(29)24(30,31-21)18(5)25/h7-9,11,13,15,18-20,22,25-28,30H,6,10,12,14H2,1-5H3/b8-7+,11-9+,16-13+/t15-,18?,19?,20-,22+,24?/m1/s1. The van der Waals surface area contributed by atoms with Crippen LogP contribution >= 0.6 is 0 Å². The molecule has 0 saturated carbocycles. The van der Waals surface area contributed by atoms with E-state index < -0.39 is 36.0 Å². The van der Waals surface area contributed by atoms with Gasteiger partial charge in [0.2, 0.25) is 5.78 Å². The first-order chi connectivity index (χ1) is 14.4. The van der Waals surface area contributed by atoms with Gasteiger partial charge in [0, 0.05) is 17.9 Å². The van der Waals surface area contributed by atoms with Crippen LogP contribution in [0.4, 0.5) is 0 Å². The maximum atomic E-state index is 12.1. The normalized spacial score (nSPS) is 25.2. The van der Waals surface area contributed by atoms with Gasteiger partial charge >= 0.3 is 0 Å². The molecular formula is C24H38O7. The van der Waals surface area contributed by atoms with Crippen molar-refractivity contribution in [1.29, 1.82) is 0 Å². The van der Waals surface area contributed by atoms with E-state index in [1.54, 1.807) is 13.0 Å². The van der Waals surface area contributed by atoms with Gasteiger partial charge in [0.05, 0.1) is 18.3 Å². The molecule has 0 fully saturated rings. The number of Topliss-reactive ketones (excluding diaryl/α,β-unsaturated/α-hetero) is 1. The summed E-state index contributed by atoms with van der Waals surface area (Å²) < 4.78 is 5.25. The molecule has 31 heavy (non-hydrogen) atoms. The molecule has 1 heterocycles. The van der Waals surface area contributed by atoms with E-state index in [1.165, 1.54) is 13.8 Å². The maximum absolute atomic E-state index is 12.1. The predicted octanol–water partition coefficient (Wildman–Crippen LogP) is 2.29. The average Bonchev–Trinajstić information content (AvgIpc) is 2.94. The van der Waals surface area contributed by atoms with E-state index in [1.807, 2.05) is 38.2 Å². The second-order valence-electron chi connectivity index (χ2n) is 8.29. The Morgan fingerprint density at radius 1 is 1.16 bits per heavy atom. The molecule has 0 amide bonds. The van der Waals surface area contributed by atoms with Crippen LogP contribution in [0.1, 0.15) is 60.3 Å². The van der Waals surface area contributed by atoms with Crippen LogP contribution in [0.5, 0.6) is 0 Å². The van der Waals surface area contributed by atoms with E-state index in [0.29, 0.717) is 19.3 Å². The highest BCUT2D eigenvalue weighted by atomic mass is 16.6. The third-order valence-corrected chi connectivity index (χ3v) is 5.52. The molecule has 6 atom stereocenters. The Morgan fingerprint density at radius 3 is 2.35 bits per heavy atom. The van der Waals surface area contributed by atoms with E-state index in [2.05, 4.69) is 0 Å². The summed E-state index contributed by atoms with van der Waals surface area (Å²) in [5.74, 6) is -2.87. The fourth-order valence-corrected chi connectivity index (χ4v) is 3.23. The molecule has 0 radical (unpaired) electrons. The molecule has 1 aliphatic heterocycles. The lowest BCUT2D eigenvalue weighted by Gasteiger charge is -2.25. The number of carbonyl (C=O) groups is 1. The Kier molecular flexibility index (Phi) is 10.8. The van der Waals surface area contributed by atoms with E-state index in [0.717, 1.165) is 5.57 Å². The van der Waals surface area contributed by atoms with Gasteiger partial charge in [0.25, 0.3) is 5.79 Å². The highest BCUT2D eigenvalue weighted by Gasteiger charge is 2.50. The molecule has 0 aromatic rings. The predicted molar refractivity (Wildman–Crippen MR) is 119 cm³/mol. The quantitative estimate of drug-likeness (QED) is 0.234. The fraction of sp³-hybridized carbons (Fsp3) is 0.625. The van der Waals surface area contributed by atoms with E-state index >= 15 is 0 Å². The zero-order valence-electron chi connectivity index (χ0n) is 19.2. The van der Waals surface area contributed by atoms with Crippen molar-refractivity contribution in [2.24, 2.45) is 5.92 Å². The first-order valence-electron chi connectivity index (χ1n) is 10.8. The molecular weight excluding hydrogens is 400 g/mol. The van der Waals surface area contributed by atoms with Crippen LogP contribution in [0.2, 0.25) is 0 Å². The summed E-state index contributed by atoms with van der Waals surface area (Å²) in [6.07, 6.45) is 7.44. The second kappa shape index (κ2) is 12.3. The van der Waals surface area contributed by atoms with Crippen molar-refractivity contribution in [1.82, 2.24) is 0 Å². The monoisotopic (exact) mass is 438 g/mol. The smallest absolute Gasteiger partial charge is 0.298 e. The van der Waals surface area contributed by atoms with Gasteiger partial charge in [-0.3, -0.25) is 4.79 Å². The van der Waals surface area contributed by atoms with Gasteiger partial charge in [-0.15, -0.1) is 0 Å².